The van der Waals surface area contributed by atoms with Gasteiger partial charge in [0, 0.05) is 19.1 Å². The molecule has 0 radical (unpaired) electrons. The second-order valence-corrected chi connectivity index (χ2v) is 4.54. The molecule has 1 aliphatic heterocycles. The zero-order chi connectivity index (χ0) is 12.0. The first-order valence-electron chi connectivity index (χ1n) is 6.23. The quantitative estimate of drug-likeness (QED) is 0.705. The molecule has 1 aliphatic rings. The van der Waals surface area contributed by atoms with Crippen LogP contribution in [-0.2, 0) is 9.53 Å². The first kappa shape index (κ1) is 13.5. The van der Waals surface area contributed by atoms with Crippen LogP contribution in [0.2, 0.25) is 0 Å². The predicted octanol–water partition coefficient (Wildman–Crippen LogP) is 1.74. The van der Waals surface area contributed by atoms with Gasteiger partial charge in [-0.15, -0.1) is 0 Å². The normalized spacial score (nSPS) is 24.2. The summed E-state index contributed by atoms with van der Waals surface area (Å²) in [5, 5.41) is 8.90. The molecule has 0 amide bonds. The zero-order valence-electron chi connectivity index (χ0n) is 10.3. The lowest BCUT2D eigenvalue weighted by molar-refractivity contribution is -0.157. The van der Waals surface area contributed by atoms with Crippen LogP contribution in [0.5, 0.6) is 0 Å². The molecule has 4 nitrogen and oxygen atoms in total. The summed E-state index contributed by atoms with van der Waals surface area (Å²) in [6.07, 6.45) is 4.24. The minimum atomic E-state index is -0.842. The second kappa shape index (κ2) is 6.86. The van der Waals surface area contributed by atoms with E-state index >= 15 is 0 Å². The van der Waals surface area contributed by atoms with Crippen molar-refractivity contribution in [2.24, 2.45) is 0 Å². The molecular formula is C12H23NO3. The molecule has 2 unspecified atom stereocenters. The maximum atomic E-state index is 10.8. The third-order valence-corrected chi connectivity index (χ3v) is 3.22. The molecule has 0 spiro atoms. The molecule has 0 saturated carbocycles. The van der Waals surface area contributed by atoms with Crippen LogP contribution in [0.1, 0.15) is 39.5 Å². The van der Waals surface area contributed by atoms with Gasteiger partial charge in [-0.25, -0.2) is 4.79 Å². The van der Waals surface area contributed by atoms with Gasteiger partial charge in [0.25, 0.3) is 0 Å². The first-order chi connectivity index (χ1) is 7.65. The van der Waals surface area contributed by atoms with Crippen LogP contribution in [0.15, 0.2) is 0 Å². The fourth-order valence-corrected chi connectivity index (χ4v) is 2.09. The van der Waals surface area contributed by atoms with Crippen molar-refractivity contribution in [3.05, 3.63) is 0 Å². The van der Waals surface area contributed by atoms with Gasteiger partial charge < -0.3 is 9.84 Å². The Morgan fingerprint density at radius 3 is 2.94 bits per heavy atom. The minimum Gasteiger partial charge on any atom is -0.479 e. The lowest BCUT2D eigenvalue weighted by Crippen LogP contribution is -2.49. The number of carboxylic acid groups (broad SMARTS) is 1. The Kier molecular flexibility index (Phi) is 5.77. The SMILES string of the molecule is CCCCCC(C)N1CCOC(C(=O)O)C1. The maximum absolute atomic E-state index is 10.8. The van der Waals surface area contributed by atoms with Crippen LogP contribution < -0.4 is 0 Å². The number of carboxylic acids is 1. The Morgan fingerprint density at radius 1 is 1.56 bits per heavy atom. The molecule has 0 aromatic carbocycles. The number of unbranched alkanes of at least 4 members (excludes halogenated alkanes) is 2. The van der Waals surface area contributed by atoms with Crippen LogP contribution in [0, 0.1) is 0 Å². The number of hydrogen-bond acceptors (Lipinski definition) is 3. The number of hydrogen-bond donors (Lipinski definition) is 1. The largest absolute Gasteiger partial charge is 0.479 e. The van der Waals surface area contributed by atoms with Crippen LogP contribution in [0.3, 0.4) is 0 Å². The molecule has 1 N–H and O–H groups in total. The van der Waals surface area contributed by atoms with E-state index in [-0.39, 0.29) is 0 Å². The summed E-state index contributed by atoms with van der Waals surface area (Å²) in [7, 11) is 0. The van der Waals surface area contributed by atoms with E-state index in [1.165, 1.54) is 19.3 Å². The van der Waals surface area contributed by atoms with E-state index in [0.717, 1.165) is 13.0 Å². The highest BCUT2D eigenvalue weighted by Crippen LogP contribution is 2.14. The number of rotatable bonds is 6. The molecule has 1 heterocycles. The zero-order valence-corrected chi connectivity index (χ0v) is 10.3. The Labute approximate surface area is 97.6 Å². The summed E-state index contributed by atoms with van der Waals surface area (Å²) < 4.78 is 5.20. The van der Waals surface area contributed by atoms with E-state index in [0.29, 0.717) is 19.2 Å². The van der Waals surface area contributed by atoms with Crippen LogP contribution in [0.4, 0.5) is 0 Å². The van der Waals surface area contributed by atoms with Crippen molar-refractivity contribution in [2.45, 2.75) is 51.7 Å². The van der Waals surface area contributed by atoms with Gasteiger partial charge in [-0.05, 0) is 13.3 Å². The van der Waals surface area contributed by atoms with Gasteiger partial charge in [0.2, 0.25) is 0 Å². The molecule has 1 rings (SSSR count). The Bertz CT molecular complexity index is 220. The van der Waals surface area contributed by atoms with Crippen molar-refractivity contribution in [1.29, 1.82) is 0 Å². The van der Waals surface area contributed by atoms with Crippen molar-refractivity contribution >= 4 is 5.97 Å². The van der Waals surface area contributed by atoms with Gasteiger partial charge in [-0.1, -0.05) is 26.2 Å². The molecule has 0 aromatic heterocycles. The average molecular weight is 229 g/mol. The number of ether oxygens (including phenoxy) is 1. The summed E-state index contributed by atoms with van der Waals surface area (Å²) in [5.74, 6) is -0.842. The number of morpholine rings is 1. The fourth-order valence-electron chi connectivity index (χ4n) is 2.09. The van der Waals surface area contributed by atoms with Crippen molar-refractivity contribution < 1.29 is 14.6 Å². The highest BCUT2D eigenvalue weighted by atomic mass is 16.5. The van der Waals surface area contributed by atoms with Gasteiger partial charge in [-0.3, -0.25) is 4.90 Å². The van der Waals surface area contributed by atoms with E-state index in [1.54, 1.807) is 0 Å². The van der Waals surface area contributed by atoms with E-state index in [2.05, 4.69) is 18.7 Å². The van der Waals surface area contributed by atoms with Crippen LogP contribution >= 0.6 is 0 Å². The van der Waals surface area contributed by atoms with Gasteiger partial charge in [0.05, 0.1) is 6.61 Å². The summed E-state index contributed by atoms with van der Waals surface area (Å²) in [5.41, 5.74) is 0. The third kappa shape index (κ3) is 4.10. The van der Waals surface area contributed by atoms with Crippen molar-refractivity contribution in [3.63, 3.8) is 0 Å². The van der Waals surface area contributed by atoms with Gasteiger partial charge in [0.1, 0.15) is 0 Å². The Morgan fingerprint density at radius 2 is 2.31 bits per heavy atom. The molecule has 0 bridgehead atoms. The second-order valence-electron chi connectivity index (χ2n) is 4.54. The minimum absolute atomic E-state index is 0.470. The molecule has 0 aromatic rings. The van der Waals surface area contributed by atoms with Gasteiger partial charge in [-0.2, -0.15) is 0 Å². The van der Waals surface area contributed by atoms with E-state index in [9.17, 15) is 4.79 Å². The molecule has 2 atom stereocenters. The summed E-state index contributed by atoms with van der Waals surface area (Å²) in [6.45, 7) is 6.30. The first-order valence-corrected chi connectivity index (χ1v) is 6.23. The average Bonchev–Trinajstić information content (AvgIpc) is 2.29. The summed E-state index contributed by atoms with van der Waals surface area (Å²) in [4.78, 5) is 13.1. The highest BCUT2D eigenvalue weighted by molar-refractivity contribution is 5.72. The lowest BCUT2D eigenvalue weighted by Gasteiger charge is -2.35. The van der Waals surface area contributed by atoms with Crippen LogP contribution in [-0.4, -0.2) is 47.8 Å². The van der Waals surface area contributed by atoms with Gasteiger partial charge in [0.15, 0.2) is 6.10 Å². The number of carbonyl (C=O) groups is 1. The Balaban J connectivity index is 2.31. The summed E-state index contributed by atoms with van der Waals surface area (Å²) >= 11 is 0. The Hall–Kier alpha value is -0.610. The topological polar surface area (TPSA) is 49.8 Å². The monoisotopic (exact) mass is 229 g/mol. The molecule has 16 heavy (non-hydrogen) atoms. The molecule has 1 saturated heterocycles. The van der Waals surface area contributed by atoms with Crippen LogP contribution in [0.25, 0.3) is 0 Å². The van der Waals surface area contributed by atoms with E-state index in [4.69, 9.17) is 9.84 Å². The van der Waals surface area contributed by atoms with Crippen molar-refractivity contribution in [1.82, 2.24) is 4.90 Å². The fraction of sp³-hybridized carbons (Fsp3) is 0.917. The smallest absolute Gasteiger partial charge is 0.334 e. The molecule has 4 heteroatoms. The van der Waals surface area contributed by atoms with Crippen molar-refractivity contribution in [2.75, 3.05) is 19.7 Å². The van der Waals surface area contributed by atoms with Crippen molar-refractivity contribution in [3.8, 4) is 0 Å². The highest BCUT2D eigenvalue weighted by Gasteiger charge is 2.28. The van der Waals surface area contributed by atoms with Gasteiger partial charge >= 0.3 is 5.97 Å². The summed E-state index contributed by atoms with van der Waals surface area (Å²) in [6, 6.07) is 0.470. The standard InChI is InChI=1S/C12H23NO3/c1-3-4-5-6-10(2)13-7-8-16-11(9-13)12(14)15/h10-11H,3-9H2,1-2H3,(H,14,15). The third-order valence-electron chi connectivity index (χ3n) is 3.22. The molecule has 0 aliphatic carbocycles. The van der Waals surface area contributed by atoms with E-state index < -0.39 is 12.1 Å². The van der Waals surface area contributed by atoms with E-state index in [1.807, 2.05) is 0 Å². The number of aliphatic carboxylic acids is 1. The molecule has 1 fully saturated rings. The lowest BCUT2D eigenvalue weighted by atomic mass is 10.1. The predicted molar refractivity (Wildman–Crippen MR) is 62.6 cm³/mol. The molecule has 94 valence electrons. The maximum Gasteiger partial charge on any atom is 0.334 e. The molecular weight excluding hydrogens is 206 g/mol. The number of nitrogens with zero attached hydrogens (tertiary/aromatic N) is 1.